The fourth-order valence-electron chi connectivity index (χ4n) is 5.96. The fraction of sp³-hybridized carbons (Fsp3) is 0.324. The number of fused-ring (bicyclic) bond motifs is 3. The number of hydrogen-bond donors (Lipinski definition) is 3. The van der Waals surface area contributed by atoms with Gasteiger partial charge in [0.2, 0.25) is 0 Å². The van der Waals surface area contributed by atoms with Crippen LogP contribution >= 0.6 is 12.4 Å². The van der Waals surface area contributed by atoms with Crippen molar-refractivity contribution in [2.75, 3.05) is 6.54 Å². The minimum Gasteiger partial charge on any atom is -0.393 e. The van der Waals surface area contributed by atoms with Crippen LogP contribution in [0.2, 0.25) is 0 Å². The van der Waals surface area contributed by atoms with Crippen molar-refractivity contribution in [2.24, 2.45) is 0 Å². The van der Waals surface area contributed by atoms with Gasteiger partial charge in [0.15, 0.2) is 5.65 Å². The van der Waals surface area contributed by atoms with Gasteiger partial charge >= 0.3 is 5.69 Å². The van der Waals surface area contributed by atoms with Gasteiger partial charge in [0.05, 0.1) is 17.3 Å². The van der Waals surface area contributed by atoms with Gasteiger partial charge in [-0.15, -0.1) is 24.8 Å². The highest BCUT2D eigenvalue weighted by atomic mass is 35.5. The molecule has 3 heterocycles. The molecular weight excluding hydrogens is 546 g/mol. The number of aliphatic hydroxyl groups excluding tert-OH is 1. The molecular formula is C34H36ClN5O2. The van der Waals surface area contributed by atoms with Crippen molar-refractivity contribution >= 4 is 29.0 Å². The van der Waals surface area contributed by atoms with Crippen LogP contribution in [0.25, 0.3) is 38.9 Å². The van der Waals surface area contributed by atoms with E-state index in [1.54, 1.807) is 6.20 Å². The van der Waals surface area contributed by atoms with Gasteiger partial charge in [0.1, 0.15) is 0 Å². The SMILES string of the molecule is C#CCCCC(O)CCCNC1(c2ccc(-c3nc4ccn5c(=O)[nH]nc5c4cc3-c3ccccc3)cc2)CCC1.Cl. The molecule has 1 aliphatic carbocycles. The molecule has 2 aromatic carbocycles. The van der Waals surface area contributed by atoms with E-state index in [9.17, 15) is 9.90 Å². The summed E-state index contributed by atoms with van der Waals surface area (Å²) in [6.07, 6.45) is 14.3. The monoisotopic (exact) mass is 581 g/mol. The molecule has 0 radical (unpaired) electrons. The van der Waals surface area contributed by atoms with E-state index >= 15 is 0 Å². The summed E-state index contributed by atoms with van der Waals surface area (Å²) >= 11 is 0. The Morgan fingerprint density at radius 3 is 2.52 bits per heavy atom. The second kappa shape index (κ2) is 12.9. The lowest BCUT2D eigenvalue weighted by atomic mass is 9.71. The topological polar surface area (TPSA) is 95.3 Å². The van der Waals surface area contributed by atoms with E-state index in [0.29, 0.717) is 5.65 Å². The molecule has 0 aliphatic heterocycles. The van der Waals surface area contributed by atoms with E-state index in [0.717, 1.165) is 84.8 Å². The Kier molecular flexibility index (Phi) is 9.08. The Hall–Kier alpha value is -3.96. The summed E-state index contributed by atoms with van der Waals surface area (Å²) in [5.41, 5.74) is 6.35. The first-order valence-corrected chi connectivity index (χ1v) is 14.5. The summed E-state index contributed by atoms with van der Waals surface area (Å²) < 4.78 is 1.51. The Bertz CT molecular complexity index is 1750. The van der Waals surface area contributed by atoms with Crippen LogP contribution in [-0.4, -0.2) is 37.3 Å². The predicted molar refractivity (Wildman–Crippen MR) is 171 cm³/mol. The Morgan fingerprint density at radius 2 is 1.81 bits per heavy atom. The maximum Gasteiger partial charge on any atom is 0.347 e. The van der Waals surface area contributed by atoms with Gasteiger partial charge in [-0.2, -0.15) is 5.10 Å². The third-order valence-corrected chi connectivity index (χ3v) is 8.42. The molecule has 1 atom stereocenters. The number of aromatic nitrogens is 4. The maximum atomic E-state index is 12.2. The number of hydrogen-bond acceptors (Lipinski definition) is 5. The molecule has 1 fully saturated rings. The van der Waals surface area contributed by atoms with Crippen molar-refractivity contribution in [3.63, 3.8) is 0 Å². The molecule has 42 heavy (non-hydrogen) atoms. The molecule has 1 saturated carbocycles. The molecule has 0 amide bonds. The minimum absolute atomic E-state index is 0. The number of terminal acetylenes is 1. The average Bonchev–Trinajstić information content (AvgIpc) is 3.37. The first-order chi connectivity index (χ1) is 20.1. The van der Waals surface area contributed by atoms with Gasteiger partial charge in [-0.3, -0.25) is 0 Å². The van der Waals surface area contributed by atoms with Crippen LogP contribution < -0.4 is 11.0 Å². The number of benzene rings is 2. The van der Waals surface area contributed by atoms with Gasteiger partial charge in [0, 0.05) is 34.7 Å². The second-order valence-corrected chi connectivity index (χ2v) is 11.1. The van der Waals surface area contributed by atoms with Gasteiger partial charge in [-0.1, -0.05) is 54.6 Å². The number of halogens is 1. The van der Waals surface area contributed by atoms with Crippen LogP contribution in [0.15, 0.2) is 77.7 Å². The molecule has 3 N–H and O–H groups in total. The van der Waals surface area contributed by atoms with Crippen LogP contribution in [0.1, 0.15) is 56.9 Å². The lowest BCUT2D eigenvalue weighted by Crippen LogP contribution is -2.48. The van der Waals surface area contributed by atoms with E-state index < -0.39 is 0 Å². The molecule has 216 valence electrons. The van der Waals surface area contributed by atoms with Gasteiger partial charge in [-0.05, 0) is 74.8 Å². The second-order valence-electron chi connectivity index (χ2n) is 11.1. The third-order valence-electron chi connectivity index (χ3n) is 8.42. The van der Waals surface area contributed by atoms with Crippen molar-refractivity contribution in [2.45, 2.75) is 63.0 Å². The standard InChI is InChI=1S/C34H35N5O2.ClH/c1-2-3-5-12-27(40)13-8-21-35-34(19-9-20-34)26-16-14-25(15-17-26)31-28(24-10-6-4-7-11-24)23-29-30(36-31)18-22-39-32(29)37-38-33(39)41;/h1,4,6-7,10-11,14-18,22-23,27,35,40H,3,5,8-9,12-13,19-21H2,(H,38,41);1H. The average molecular weight is 582 g/mol. The van der Waals surface area contributed by atoms with Crippen molar-refractivity contribution in [1.29, 1.82) is 0 Å². The highest BCUT2D eigenvalue weighted by molar-refractivity contribution is 5.98. The lowest BCUT2D eigenvalue weighted by Gasteiger charge is -2.43. The highest BCUT2D eigenvalue weighted by Gasteiger charge is 2.37. The number of pyridine rings is 2. The van der Waals surface area contributed by atoms with Crippen molar-refractivity contribution < 1.29 is 5.11 Å². The quantitative estimate of drug-likeness (QED) is 0.127. The molecule has 1 unspecified atom stereocenters. The largest absolute Gasteiger partial charge is 0.393 e. The molecule has 3 aromatic heterocycles. The molecule has 6 rings (SSSR count). The number of nitrogens with zero attached hydrogens (tertiary/aromatic N) is 3. The van der Waals surface area contributed by atoms with Crippen LogP contribution in [0, 0.1) is 12.3 Å². The molecule has 0 bridgehead atoms. The Labute approximate surface area is 251 Å². The first kappa shape index (κ1) is 29.5. The van der Waals surface area contributed by atoms with E-state index in [-0.39, 0.29) is 29.7 Å². The highest BCUT2D eigenvalue weighted by Crippen LogP contribution is 2.42. The summed E-state index contributed by atoms with van der Waals surface area (Å²) in [6, 6.07) is 23.0. The smallest absolute Gasteiger partial charge is 0.347 e. The summed E-state index contributed by atoms with van der Waals surface area (Å²) in [5.74, 6) is 2.64. The number of rotatable bonds is 11. The third kappa shape index (κ3) is 5.84. The number of H-pyrrole nitrogens is 1. The summed E-state index contributed by atoms with van der Waals surface area (Å²) in [6.45, 7) is 0.878. The normalized spacial score (nSPS) is 14.7. The summed E-state index contributed by atoms with van der Waals surface area (Å²) in [5, 5.41) is 21.7. The number of aliphatic hydroxyl groups is 1. The molecule has 0 spiro atoms. The van der Waals surface area contributed by atoms with E-state index in [2.05, 4.69) is 63.9 Å². The van der Waals surface area contributed by atoms with Crippen LogP contribution in [0.4, 0.5) is 0 Å². The molecule has 8 heteroatoms. The predicted octanol–water partition coefficient (Wildman–Crippen LogP) is 6.24. The fourth-order valence-corrected chi connectivity index (χ4v) is 5.96. The molecule has 5 aromatic rings. The van der Waals surface area contributed by atoms with Crippen molar-refractivity contribution in [3.05, 3.63) is 89.0 Å². The molecule has 0 saturated heterocycles. The van der Waals surface area contributed by atoms with E-state index in [1.165, 1.54) is 16.4 Å². The van der Waals surface area contributed by atoms with Gasteiger partial charge < -0.3 is 10.4 Å². The zero-order valence-electron chi connectivity index (χ0n) is 23.6. The van der Waals surface area contributed by atoms with Gasteiger partial charge in [-0.25, -0.2) is 19.3 Å². The minimum atomic E-state index is -0.278. The van der Waals surface area contributed by atoms with E-state index in [1.807, 2.05) is 24.3 Å². The summed E-state index contributed by atoms with van der Waals surface area (Å²) in [7, 11) is 0. The Morgan fingerprint density at radius 1 is 1.05 bits per heavy atom. The number of aromatic amines is 1. The van der Waals surface area contributed by atoms with Gasteiger partial charge in [0.25, 0.3) is 0 Å². The maximum absolute atomic E-state index is 12.2. The molecule has 1 aliphatic rings. The molecule has 7 nitrogen and oxygen atoms in total. The zero-order chi connectivity index (χ0) is 28.2. The Balaban J connectivity index is 0.00000353. The van der Waals surface area contributed by atoms with Crippen LogP contribution in [0.3, 0.4) is 0 Å². The van der Waals surface area contributed by atoms with Crippen LogP contribution in [0.5, 0.6) is 0 Å². The van der Waals surface area contributed by atoms with E-state index in [4.69, 9.17) is 11.4 Å². The zero-order valence-corrected chi connectivity index (χ0v) is 24.4. The van der Waals surface area contributed by atoms with Crippen molar-refractivity contribution in [1.82, 2.24) is 24.9 Å². The number of nitrogens with one attached hydrogen (secondary N) is 2. The number of unbranched alkanes of at least 4 members (excludes halogenated alkanes) is 1. The van der Waals surface area contributed by atoms with Crippen molar-refractivity contribution in [3.8, 4) is 34.7 Å². The first-order valence-electron chi connectivity index (χ1n) is 14.5. The summed E-state index contributed by atoms with van der Waals surface area (Å²) in [4.78, 5) is 17.3. The lowest BCUT2D eigenvalue weighted by molar-refractivity contribution is 0.142. The van der Waals surface area contributed by atoms with Crippen LogP contribution in [-0.2, 0) is 5.54 Å².